The predicted molar refractivity (Wildman–Crippen MR) is 105 cm³/mol. The molecular formula is C20H18N4OS. The van der Waals surface area contributed by atoms with Crippen molar-refractivity contribution < 1.29 is 4.79 Å². The number of carbonyl (C=O) groups is 1. The fourth-order valence-corrected chi connectivity index (χ4v) is 4.00. The normalized spacial score (nSPS) is 11.0. The fraction of sp³-hybridized carbons (Fsp3) is 0.150. The molecule has 0 spiro atoms. The Bertz CT molecular complexity index is 1110. The molecule has 0 saturated carbocycles. The van der Waals surface area contributed by atoms with E-state index in [9.17, 15) is 4.79 Å². The van der Waals surface area contributed by atoms with Gasteiger partial charge in [0.25, 0.3) is 5.91 Å². The topological polar surface area (TPSA) is 59.8 Å². The Hall–Kier alpha value is -2.99. The van der Waals surface area contributed by atoms with Crippen LogP contribution in [0.15, 0.2) is 48.5 Å². The van der Waals surface area contributed by atoms with Crippen molar-refractivity contribution >= 4 is 32.6 Å². The van der Waals surface area contributed by atoms with Crippen LogP contribution in [0.3, 0.4) is 0 Å². The summed E-state index contributed by atoms with van der Waals surface area (Å²) in [5, 5.41) is 8.06. The Morgan fingerprint density at radius 3 is 2.62 bits per heavy atom. The molecule has 2 aromatic carbocycles. The van der Waals surface area contributed by atoms with E-state index in [0.29, 0.717) is 16.4 Å². The summed E-state index contributed by atoms with van der Waals surface area (Å²) in [5.41, 5.74) is 5.09. The number of hydrogen-bond donors (Lipinski definition) is 1. The number of hydrogen-bond acceptors (Lipinski definition) is 4. The van der Waals surface area contributed by atoms with Gasteiger partial charge in [-0.15, -0.1) is 0 Å². The minimum Gasteiger partial charge on any atom is -0.298 e. The monoisotopic (exact) mass is 362 g/mol. The minimum absolute atomic E-state index is 0.182. The van der Waals surface area contributed by atoms with Crippen LogP contribution >= 0.6 is 11.3 Å². The molecule has 5 nitrogen and oxygen atoms in total. The maximum absolute atomic E-state index is 12.8. The average molecular weight is 362 g/mol. The first-order valence-electron chi connectivity index (χ1n) is 8.33. The molecule has 0 bridgehead atoms. The van der Waals surface area contributed by atoms with Crippen molar-refractivity contribution in [1.82, 2.24) is 14.8 Å². The van der Waals surface area contributed by atoms with Gasteiger partial charge in [-0.3, -0.25) is 10.1 Å². The van der Waals surface area contributed by atoms with Crippen LogP contribution < -0.4 is 5.32 Å². The van der Waals surface area contributed by atoms with Crippen molar-refractivity contribution in [2.24, 2.45) is 0 Å². The lowest BCUT2D eigenvalue weighted by Gasteiger charge is -2.05. The highest BCUT2D eigenvalue weighted by Crippen LogP contribution is 2.27. The number of thiazole rings is 1. The molecule has 130 valence electrons. The molecule has 0 aliphatic carbocycles. The smallest absolute Gasteiger partial charge is 0.261 e. The van der Waals surface area contributed by atoms with E-state index in [-0.39, 0.29) is 5.91 Å². The van der Waals surface area contributed by atoms with Crippen LogP contribution in [0.25, 0.3) is 15.9 Å². The molecule has 0 fully saturated rings. The zero-order valence-electron chi connectivity index (χ0n) is 14.8. The lowest BCUT2D eigenvalue weighted by Crippen LogP contribution is -2.14. The summed E-state index contributed by atoms with van der Waals surface area (Å²) in [4.78, 5) is 17.3. The van der Waals surface area contributed by atoms with Crippen LogP contribution in [0.4, 0.5) is 5.13 Å². The van der Waals surface area contributed by atoms with Gasteiger partial charge in [-0.25, -0.2) is 9.67 Å². The van der Waals surface area contributed by atoms with Gasteiger partial charge in [-0.2, -0.15) is 5.10 Å². The molecule has 26 heavy (non-hydrogen) atoms. The first-order valence-corrected chi connectivity index (χ1v) is 9.15. The Kier molecular flexibility index (Phi) is 4.05. The minimum atomic E-state index is -0.182. The van der Waals surface area contributed by atoms with Crippen molar-refractivity contribution in [3.63, 3.8) is 0 Å². The second kappa shape index (κ2) is 6.38. The maximum Gasteiger partial charge on any atom is 0.261 e. The standard InChI is InChI=1S/C20H18N4OS/c1-12-9-10-16-17(11-12)26-20(21-16)22-19(25)18-13(2)23-24(14(18)3)15-7-5-4-6-8-15/h4-11H,1-3H3,(H,21,22,25). The van der Waals surface area contributed by atoms with Gasteiger partial charge in [0, 0.05) is 0 Å². The number of nitrogens with zero attached hydrogens (tertiary/aromatic N) is 3. The van der Waals surface area contributed by atoms with Gasteiger partial charge in [-0.1, -0.05) is 35.6 Å². The van der Waals surface area contributed by atoms with E-state index in [1.54, 1.807) is 4.68 Å². The van der Waals surface area contributed by atoms with Gasteiger partial charge in [0.2, 0.25) is 0 Å². The summed E-state index contributed by atoms with van der Waals surface area (Å²) >= 11 is 1.48. The van der Waals surface area contributed by atoms with Gasteiger partial charge < -0.3 is 0 Å². The predicted octanol–water partition coefficient (Wildman–Crippen LogP) is 4.66. The molecule has 0 unspecified atom stereocenters. The highest BCUT2D eigenvalue weighted by atomic mass is 32.1. The Labute approximate surface area is 155 Å². The van der Waals surface area contributed by atoms with E-state index in [2.05, 4.69) is 21.5 Å². The molecule has 4 aromatic rings. The third-order valence-corrected chi connectivity index (χ3v) is 5.22. The summed E-state index contributed by atoms with van der Waals surface area (Å²) in [6, 6.07) is 15.9. The van der Waals surface area contributed by atoms with E-state index in [0.717, 1.165) is 21.6 Å². The maximum atomic E-state index is 12.8. The first kappa shape index (κ1) is 16.5. The van der Waals surface area contributed by atoms with Gasteiger partial charge in [0.1, 0.15) is 0 Å². The molecular weight excluding hydrogens is 344 g/mol. The zero-order valence-corrected chi connectivity index (χ0v) is 15.6. The molecule has 0 radical (unpaired) electrons. The number of nitrogens with one attached hydrogen (secondary N) is 1. The number of carbonyl (C=O) groups excluding carboxylic acids is 1. The Morgan fingerprint density at radius 1 is 1.08 bits per heavy atom. The molecule has 0 atom stereocenters. The number of aromatic nitrogens is 3. The number of para-hydroxylation sites is 1. The molecule has 0 saturated heterocycles. The number of aryl methyl sites for hydroxylation is 2. The Morgan fingerprint density at radius 2 is 1.85 bits per heavy atom. The first-order chi connectivity index (χ1) is 12.5. The van der Waals surface area contributed by atoms with Crippen LogP contribution in [-0.2, 0) is 0 Å². The van der Waals surface area contributed by atoms with Crippen LogP contribution in [0.5, 0.6) is 0 Å². The lowest BCUT2D eigenvalue weighted by atomic mass is 10.2. The number of amides is 1. The SMILES string of the molecule is Cc1ccc2nc(NC(=O)c3c(C)nn(-c4ccccc4)c3C)sc2c1. The Balaban J connectivity index is 1.66. The fourth-order valence-electron chi connectivity index (χ4n) is 3.04. The number of rotatable bonds is 3. The summed E-state index contributed by atoms with van der Waals surface area (Å²) in [6.07, 6.45) is 0. The molecule has 0 aliphatic rings. The number of anilines is 1. The van der Waals surface area contributed by atoms with Crippen molar-refractivity contribution in [1.29, 1.82) is 0 Å². The van der Waals surface area contributed by atoms with E-state index in [4.69, 9.17) is 0 Å². The van der Waals surface area contributed by atoms with Crippen LogP contribution in [-0.4, -0.2) is 20.7 Å². The van der Waals surface area contributed by atoms with Crippen LogP contribution in [0, 0.1) is 20.8 Å². The third-order valence-electron chi connectivity index (χ3n) is 4.28. The number of fused-ring (bicyclic) bond motifs is 1. The van der Waals surface area contributed by atoms with Crippen LogP contribution in [0.1, 0.15) is 27.3 Å². The molecule has 0 aliphatic heterocycles. The zero-order chi connectivity index (χ0) is 18.3. The van der Waals surface area contributed by atoms with Gasteiger partial charge in [0.05, 0.1) is 32.9 Å². The highest BCUT2D eigenvalue weighted by molar-refractivity contribution is 7.22. The molecule has 1 N–H and O–H groups in total. The molecule has 2 aromatic heterocycles. The van der Waals surface area contributed by atoms with Gasteiger partial charge >= 0.3 is 0 Å². The average Bonchev–Trinajstić information content (AvgIpc) is 3.14. The molecule has 6 heteroatoms. The number of benzene rings is 2. The van der Waals surface area contributed by atoms with E-state index < -0.39 is 0 Å². The van der Waals surface area contributed by atoms with Gasteiger partial charge in [-0.05, 0) is 50.6 Å². The van der Waals surface area contributed by atoms with E-state index in [1.807, 2.05) is 63.2 Å². The third kappa shape index (κ3) is 2.88. The van der Waals surface area contributed by atoms with Crippen molar-refractivity contribution in [2.75, 3.05) is 5.32 Å². The molecule has 2 heterocycles. The van der Waals surface area contributed by atoms with Crippen molar-refractivity contribution in [3.05, 3.63) is 71.0 Å². The van der Waals surface area contributed by atoms with E-state index in [1.165, 1.54) is 16.9 Å². The van der Waals surface area contributed by atoms with Crippen molar-refractivity contribution in [3.8, 4) is 5.69 Å². The second-order valence-corrected chi connectivity index (χ2v) is 7.27. The molecule has 1 amide bonds. The lowest BCUT2D eigenvalue weighted by molar-refractivity contribution is 0.102. The summed E-state index contributed by atoms with van der Waals surface area (Å²) in [5.74, 6) is -0.182. The summed E-state index contributed by atoms with van der Waals surface area (Å²) < 4.78 is 2.86. The highest BCUT2D eigenvalue weighted by Gasteiger charge is 2.20. The van der Waals surface area contributed by atoms with Gasteiger partial charge in [0.15, 0.2) is 5.13 Å². The van der Waals surface area contributed by atoms with E-state index >= 15 is 0 Å². The summed E-state index contributed by atoms with van der Waals surface area (Å²) in [7, 11) is 0. The second-order valence-electron chi connectivity index (χ2n) is 6.24. The van der Waals surface area contributed by atoms with Crippen molar-refractivity contribution in [2.45, 2.75) is 20.8 Å². The largest absolute Gasteiger partial charge is 0.298 e. The molecule has 4 rings (SSSR count). The summed E-state index contributed by atoms with van der Waals surface area (Å²) in [6.45, 7) is 5.80. The van der Waals surface area contributed by atoms with Crippen LogP contribution in [0.2, 0.25) is 0 Å². The quantitative estimate of drug-likeness (QED) is 0.577.